The van der Waals surface area contributed by atoms with E-state index in [0.717, 1.165) is 10.9 Å². The molecule has 0 bridgehead atoms. The Morgan fingerprint density at radius 3 is 2.79 bits per heavy atom. The zero-order chi connectivity index (χ0) is 10.1. The van der Waals surface area contributed by atoms with E-state index in [1.165, 1.54) is 0 Å². The summed E-state index contributed by atoms with van der Waals surface area (Å²) in [6.45, 7) is 0. The molecule has 0 saturated carbocycles. The molecule has 1 aromatic heterocycles. The summed E-state index contributed by atoms with van der Waals surface area (Å²) < 4.78 is 0. The second kappa shape index (κ2) is 3.35. The smallest absolute Gasteiger partial charge is 0.154 e. The Morgan fingerprint density at radius 1 is 1.36 bits per heavy atom. The first-order chi connectivity index (χ1) is 6.74. The Morgan fingerprint density at radius 2 is 2.07 bits per heavy atom. The molecule has 0 amide bonds. The number of para-hydroxylation sites is 1. The van der Waals surface area contributed by atoms with Gasteiger partial charge in [-0.2, -0.15) is 0 Å². The number of halogens is 1. The van der Waals surface area contributed by atoms with Crippen molar-refractivity contribution in [3.05, 3.63) is 29.4 Å². The molecule has 0 atom stereocenters. The first-order valence-electron chi connectivity index (χ1n) is 4.25. The van der Waals surface area contributed by atoms with Gasteiger partial charge in [0.25, 0.3) is 0 Å². The number of rotatable bonds is 1. The lowest BCUT2D eigenvalue weighted by atomic mass is 10.2. The highest BCUT2D eigenvalue weighted by Crippen LogP contribution is 2.32. The summed E-state index contributed by atoms with van der Waals surface area (Å²) in [5.41, 5.74) is 8.08. The van der Waals surface area contributed by atoms with Crippen molar-refractivity contribution in [2.45, 2.75) is 0 Å². The number of fused-ring (bicyclic) bond motifs is 1. The lowest BCUT2D eigenvalue weighted by molar-refractivity contribution is 1.38. The first kappa shape index (κ1) is 9.09. The fourth-order valence-corrected chi connectivity index (χ4v) is 1.73. The summed E-state index contributed by atoms with van der Waals surface area (Å²) in [7, 11) is 1.77. The summed E-state index contributed by atoms with van der Waals surface area (Å²) in [6, 6.07) is 7.64. The van der Waals surface area contributed by atoms with Crippen LogP contribution < -0.4 is 11.1 Å². The van der Waals surface area contributed by atoms with Gasteiger partial charge >= 0.3 is 0 Å². The van der Waals surface area contributed by atoms with Crippen molar-refractivity contribution in [3.63, 3.8) is 0 Å². The fraction of sp³-hybridized carbons (Fsp3) is 0.100. The van der Waals surface area contributed by atoms with E-state index in [1.807, 2.05) is 24.3 Å². The zero-order valence-corrected chi connectivity index (χ0v) is 8.47. The number of nitrogens with one attached hydrogen (secondary N) is 1. The Kier molecular flexibility index (Phi) is 2.17. The predicted octanol–water partition coefficient (Wildman–Crippen LogP) is 2.51. The summed E-state index contributed by atoms with van der Waals surface area (Å²) in [4.78, 5) is 4.23. The van der Waals surface area contributed by atoms with Gasteiger partial charge in [0.15, 0.2) is 5.15 Å². The number of hydrogen-bond acceptors (Lipinski definition) is 3. The van der Waals surface area contributed by atoms with Crippen LogP contribution in [0.15, 0.2) is 24.3 Å². The molecule has 0 aliphatic heterocycles. The molecule has 72 valence electrons. The van der Waals surface area contributed by atoms with Crippen LogP contribution in [0.5, 0.6) is 0 Å². The number of hydrogen-bond donors (Lipinski definition) is 2. The Labute approximate surface area is 86.9 Å². The predicted molar refractivity (Wildman–Crippen MR) is 60.7 cm³/mol. The molecule has 1 heterocycles. The number of nitrogens with two attached hydrogens (primary N) is 1. The van der Waals surface area contributed by atoms with Crippen molar-refractivity contribution in [3.8, 4) is 0 Å². The van der Waals surface area contributed by atoms with E-state index in [-0.39, 0.29) is 0 Å². The molecular weight excluding hydrogens is 198 g/mol. The van der Waals surface area contributed by atoms with Gasteiger partial charge in [-0.15, -0.1) is 0 Å². The van der Waals surface area contributed by atoms with E-state index >= 15 is 0 Å². The largest absolute Gasteiger partial charge is 0.396 e. The Hall–Kier alpha value is -1.48. The van der Waals surface area contributed by atoms with Crippen molar-refractivity contribution in [1.82, 2.24) is 4.98 Å². The minimum absolute atomic E-state index is 0.406. The van der Waals surface area contributed by atoms with E-state index in [2.05, 4.69) is 10.3 Å². The second-order valence-corrected chi connectivity index (χ2v) is 3.32. The highest BCUT2D eigenvalue weighted by molar-refractivity contribution is 6.33. The first-order valence-corrected chi connectivity index (χ1v) is 4.63. The monoisotopic (exact) mass is 207 g/mol. The third-order valence-corrected chi connectivity index (χ3v) is 2.41. The Balaban J connectivity index is 2.86. The molecule has 4 heteroatoms. The van der Waals surface area contributed by atoms with Crippen LogP contribution in [0, 0.1) is 0 Å². The molecule has 2 rings (SSSR count). The molecule has 0 aliphatic carbocycles. The zero-order valence-electron chi connectivity index (χ0n) is 7.71. The Bertz CT molecular complexity index is 482. The molecule has 3 nitrogen and oxygen atoms in total. The van der Waals surface area contributed by atoms with Crippen LogP contribution in [-0.4, -0.2) is 12.0 Å². The molecule has 0 aliphatic rings. The van der Waals surface area contributed by atoms with Gasteiger partial charge in [-0.25, -0.2) is 4.98 Å². The lowest BCUT2D eigenvalue weighted by Crippen LogP contribution is -1.99. The van der Waals surface area contributed by atoms with E-state index in [1.54, 1.807) is 7.05 Å². The van der Waals surface area contributed by atoms with Crippen molar-refractivity contribution in [2.75, 3.05) is 18.1 Å². The quantitative estimate of drug-likeness (QED) is 0.707. The average molecular weight is 208 g/mol. The standard InChI is InChI=1S/C10H10ClN3/c1-13-9-8(12)6-4-2-3-5-7(6)14-10(9)11/h2-5,13H,1H3,(H2,12,14). The van der Waals surface area contributed by atoms with Crippen LogP contribution in [0.3, 0.4) is 0 Å². The SMILES string of the molecule is CNc1c(Cl)nc2ccccc2c1N. The normalized spacial score (nSPS) is 10.4. The van der Waals surface area contributed by atoms with Crippen molar-refractivity contribution >= 4 is 33.9 Å². The average Bonchev–Trinajstić information content (AvgIpc) is 2.18. The van der Waals surface area contributed by atoms with Gasteiger partial charge in [-0.3, -0.25) is 0 Å². The van der Waals surface area contributed by atoms with Crippen LogP contribution in [0.2, 0.25) is 5.15 Å². The van der Waals surface area contributed by atoms with E-state index < -0.39 is 0 Å². The van der Waals surface area contributed by atoms with Crippen LogP contribution in [0.1, 0.15) is 0 Å². The van der Waals surface area contributed by atoms with Crippen LogP contribution >= 0.6 is 11.6 Å². The van der Waals surface area contributed by atoms with Crippen LogP contribution in [0.25, 0.3) is 10.9 Å². The van der Waals surface area contributed by atoms with Gasteiger partial charge < -0.3 is 11.1 Å². The highest BCUT2D eigenvalue weighted by Gasteiger charge is 2.08. The minimum atomic E-state index is 0.406. The summed E-state index contributed by atoms with van der Waals surface area (Å²) in [5.74, 6) is 0. The second-order valence-electron chi connectivity index (χ2n) is 2.96. The molecule has 0 radical (unpaired) electrons. The van der Waals surface area contributed by atoms with Gasteiger partial charge in [0, 0.05) is 12.4 Å². The summed E-state index contributed by atoms with van der Waals surface area (Å²) >= 11 is 5.96. The molecule has 0 saturated heterocycles. The summed E-state index contributed by atoms with van der Waals surface area (Å²) in [5, 5.41) is 4.26. The molecule has 2 aromatic rings. The minimum Gasteiger partial charge on any atom is -0.396 e. The number of nitrogens with zero attached hydrogens (tertiary/aromatic N) is 1. The number of benzene rings is 1. The molecule has 14 heavy (non-hydrogen) atoms. The lowest BCUT2D eigenvalue weighted by Gasteiger charge is -2.09. The van der Waals surface area contributed by atoms with Crippen molar-refractivity contribution in [2.24, 2.45) is 0 Å². The van der Waals surface area contributed by atoms with Gasteiger partial charge in [0.1, 0.15) is 0 Å². The molecule has 0 unspecified atom stereocenters. The fourth-order valence-electron chi connectivity index (χ4n) is 1.44. The molecule has 0 spiro atoms. The van der Waals surface area contributed by atoms with Crippen LogP contribution in [-0.2, 0) is 0 Å². The third-order valence-electron chi connectivity index (χ3n) is 2.14. The van der Waals surface area contributed by atoms with Gasteiger partial charge in [0.05, 0.1) is 16.9 Å². The van der Waals surface area contributed by atoms with Gasteiger partial charge in [0.2, 0.25) is 0 Å². The molecule has 1 aromatic carbocycles. The van der Waals surface area contributed by atoms with Gasteiger partial charge in [-0.1, -0.05) is 29.8 Å². The maximum absolute atomic E-state index is 5.96. The number of nitrogen functional groups attached to an aromatic ring is 1. The molecular formula is C10H10ClN3. The highest BCUT2D eigenvalue weighted by atomic mass is 35.5. The van der Waals surface area contributed by atoms with Gasteiger partial charge in [-0.05, 0) is 6.07 Å². The summed E-state index contributed by atoms with van der Waals surface area (Å²) in [6.07, 6.45) is 0. The number of pyridine rings is 1. The van der Waals surface area contributed by atoms with Crippen LogP contribution in [0.4, 0.5) is 11.4 Å². The third kappa shape index (κ3) is 1.26. The van der Waals surface area contributed by atoms with E-state index in [9.17, 15) is 0 Å². The van der Waals surface area contributed by atoms with E-state index in [4.69, 9.17) is 17.3 Å². The molecule has 3 N–H and O–H groups in total. The number of anilines is 2. The molecule has 0 fully saturated rings. The maximum Gasteiger partial charge on any atom is 0.154 e. The number of aromatic nitrogens is 1. The maximum atomic E-state index is 5.96. The van der Waals surface area contributed by atoms with E-state index in [0.29, 0.717) is 16.5 Å². The van der Waals surface area contributed by atoms with Crippen molar-refractivity contribution in [1.29, 1.82) is 0 Å². The van der Waals surface area contributed by atoms with Crippen molar-refractivity contribution < 1.29 is 0 Å². The topological polar surface area (TPSA) is 50.9 Å².